The Kier molecular flexibility index (Phi) is 2.90. The molecule has 0 spiro atoms. The third-order valence-corrected chi connectivity index (χ3v) is 2.39. The largest absolute Gasteiger partial charge is 0.271 e. The van der Waals surface area contributed by atoms with Crippen LogP contribution in [0, 0.1) is 0 Å². The standard InChI is InChI=1S/C13H9NO2/c15-9-14-13(16)8-11-6-3-5-10-4-1-2-7-12(10)11/h1-7H,8H2. The lowest BCUT2D eigenvalue weighted by Crippen LogP contribution is -1.98. The molecule has 0 aliphatic heterocycles. The molecule has 2 rings (SSSR count). The molecule has 0 aliphatic carbocycles. The van der Waals surface area contributed by atoms with Gasteiger partial charge in [0.15, 0.2) is 0 Å². The molecule has 0 radical (unpaired) electrons. The zero-order valence-corrected chi connectivity index (χ0v) is 8.51. The van der Waals surface area contributed by atoms with E-state index in [4.69, 9.17) is 0 Å². The van der Waals surface area contributed by atoms with E-state index < -0.39 is 5.91 Å². The number of benzene rings is 2. The summed E-state index contributed by atoms with van der Waals surface area (Å²) in [4.78, 5) is 24.3. The van der Waals surface area contributed by atoms with Crippen molar-refractivity contribution in [2.45, 2.75) is 6.42 Å². The van der Waals surface area contributed by atoms with Crippen molar-refractivity contribution in [3.05, 3.63) is 48.0 Å². The van der Waals surface area contributed by atoms with Gasteiger partial charge in [0.1, 0.15) is 0 Å². The zero-order valence-electron chi connectivity index (χ0n) is 8.51. The number of nitrogens with zero attached hydrogens (tertiary/aromatic N) is 1. The summed E-state index contributed by atoms with van der Waals surface area (Å²) < 4.78 is 0. The fourth-order valence-corrected chi connectivity index (χ4v) is 1.70. The molecule has 3 nitrogen and oxygen atoms in total. The molecule has 0 heterocycles. The lowest BCUT2D eigenvalue weighted by atomic mass is 10.0. The molecule has 2 aromatic rings. The van der Waals surface area contributed by atoms with E-state index in [-0.39, 0.29) is 6.42 Å². The summed E-state index contributed by atoms with van der Waals surface area (Å²) in [6.45, 7) is 0. The molecule has 3 heteroatoms. The monoisotopic (exact) mass is 211 g/mol. The van der Waals surface area contributed by atoms with Crippen LogP contribution in [0.25, 0.3) is 10.8 Å². The quantitative estimate of drug-likeness (QED) is 0.565. The molecule has 0 saturated heterocycles. The molecule has 0 N–H and O–H groups in total. The summed E-state index contributed by atoms with van der Waals surface area (Å²) >= 11 is 0. The van der Waals surface area contributed by atoms with Crippen LogP contribution >= 0.6 is 0 Å². The summed E-state index contributed by atoms with van der Waals surface area (Å²) in [7, 11) is 0. The van der Waals surface area contributed by atoms with Crippen molar-refractivity contribution in [2.24, 2.45) is 4.99 Å². The van der Waals surface area contributed by atoms with Gasteiger partial charge < -0.3 is 0 Å². The van der Waals surface area contributed by atoms with Gasteiger partial charge >= 0.3 is 0 Å². The lowest BCUT2D eigenvalue weighted by Gasteiger charge is -2.03. The average molecular weight is 211 g/mol. The van der Waals surface area contributed by atoms with Gasteiger partial charge in [-0.3, -0.25) is 4.79 Å². The number of amides is 1. The van der Waals surface area contributed by atoms with E-state index in [0.717, 1.165) is 16.3 Å². The maximum absolute atomic E-state index is 11.2. The maximum atomic E-state index is 11.2. The van der Waals surface area contributed by atoms with Crippen LogP contribution in [0.2, 0.25) is 0 Å². The van der Waals surface area contributed by atoms with E-state index in [2.05, 4.69) is 4.99 Å². The first-order valence-electron chi connectivity index (χ1n) is 4.88. The van der Waals surface area contributed by atoms with Crippen LogP contribution in [-0.2, 0) is 16.0 Å². The highest BCUT2D eigenvalue weighted by molar-refractivity contribution is 5.91. The Morgan fingerprint density at radius 1 is 1.12 bits per heavy atom. The van der Waals surface area contributed by atoms with Crippen LogP contribution < -0.4 is 0 Å². The first-order chi connectivity index (χ1) is 7.81. The lowest BCUT2D eigenvalue weighted by molar-refractivity contribution is -0.117. The first kappa shape index (κ1) is 10.3. The number of carbonyl (C=O) groups is 1. The third-order valence-electron chi connectivity index (χ3n) is 2.39. The van der Waals surface area contributed by atoms with E-state index in [0.29, 0.717) is 0 Å². The van der Waals surface area contributed by atoms with E-state index in [1.54, 1.807) is 0 Å². The predicted molar refractivity (Wildman–Crippen MR) is 60.8 cm³/mol. The Morgan fingerprint density at radius 3 is 2.69 bits per heavy atom. The van der Waals surface area contributed by atoms with Crippen molar-refractivity contribution < 1.29 is 9.59 Å². The smallest absolute Gasteiger partial charge is 0.260 e. The van der Waals surface area contributed by atoms with Crippen LogP contribution in [0.5, 0.6) is 0 Å². The van der Waals surface area contributed by atoms with Crippen molar-refractivity contribution in [3.8, 4) is 0 Å². The van der Waals surface area contributed by atoms with Crippen LogP contribution in [0.4, 0.5) is 0 Å². The number of fused-ring (bicyclic) bond motifs is 1. The second kappa shape index (κ2) is 4.51. The number of isocyanates is 1. The highest BCUT2D eigenvalue weighted by atomic mass is 16.2. The molecule has 1 amide bonds. The summed E-state index contributed by atoms with van der Waals surface area (Å²) in [5.41, 5.74) is 0.877. The van der Waals surface area contributed by atoms with Crippen LogP contribution in [0.1, 0.15) is 5.56 Å². The first-order valence-corrected chi connectivity index (χ1v) is 4.88. The Labute approximate surface area is 92.4 Å². The number of rotatable bonds is 2. The zero-order chi connectivity index (χ0) is 11.4. The molecule has 0 saturated carbocycles. The Bertz CT molecular complexity index is 578. The number of hydrogen-bond acceptors (Lipinski definition) is 2. The van der Waals surface area contributed by atoms with Crippen LogP contribution in [0.3, 0.4) is 0 Å². The van der Waals surface area contributed by atoms with Gasteiger partial charge in [0, 0.05) is 0 Å². The molecule has 0 unspecified atom stereocenters. The number of hydrogen-bond donors (Lipinski definition) is 0. The minimum absolute atomic E-state index is 0.136. The van der Waals surface area contributed by atoms with E-state index in [9.17, 15) is 9.59 Å². The summed E-state index contributed by atoms with van der Waals surface area (Å²) in [5.74, 6) is -0.466. The Morgan fingerprint density at radius 2 is 1.88 bits per heavy atom. The van der Waals surface area contributed by atoms with Crippen molar-refractivity contribution in [1.29, 1.82) is 0 Å². The fourth-order valence-electron chi connectivity index (χ4n) is 1.70. The molecular weight excluding hydrogens is 202 g/mol. The molecule has 0 atom stereocenters. The molecule has 2 aromatic carbocycles. The Hall–Kier alpha value is -2.25. The molecule has 0 aliphatic rings. The molecular formula is C13H9NO2. The third kappa shape index (κ3) is 2.05. The highest BCUT2D eigenvalue weighted by Gasteiger charge is 2.05. The summed E-state index contributed by atoms with van der Waals surface area (Å²) in [6, 6.07) is 13.5. The molecule has 16 heavy (non-hydrogen) atoms. The SMILES string of the molecule is O=C=NC(=O)Cc1cccc2ccccc12. The van der Waals surface area contributed by atoms with Crippen LogP contribution in [0.15, 0.2) is 47.5 Å². The second-order valence-corrected chi connectivity index (χ2v) is 3.41. The molecule has 0 aromatic heterocycles. The predicted octanol–water partition coefficient (Wildman–Crippen LogP) is 2.24. The number of carbonyl (C=O) groups excluding carboxylic acids is 2. The van der Waals surface area contributed by atoms with Crippen molar-refractivity contribution in [3.63, 3.8) is 0 Å². The van der Waals surface area contributed by atoms with Gasteiger partial charge in [-0.05, 0) is 16.3 Å². The van der Waals surface area contributed by atoms with E-state index in [1.165, 1.54) is 6.08 Å². The minimum Gasteiger partial charge on any atom is -0.271 e. The van der Waals surface area contributed by atoms with Crippen molar-refractivity contribution >= 4 is 22.8 Å². The van der Waals surface area contributed by atoms with E-state index in [1.807, 2.05) is 42.5 Å². The summed E-state index contributed by atoms with van der Waals surface area (Å²) in [6.07, 6.45) is 1.40. The minimum atomic E-state index is -0.466. The van der Waals surface area contributed by atoms with Crippen LogP contribution in [-0.4, -0.2) is 12.0 Å². The van der Waals surface area contributed by atoms with E-state index >= 15 is 0 Å². The van der Waals surface area contributed by atoms with Crippen molar-refractivity contribution in [1.82, 2.24) is 0 Å². The van der Waals surface area contributed by atoms with Gasteiger partial charge in [-0.2, -0.15) is 0 Å². The molecule has 0 fully saturated rings. The highest BCUT2D eigenvalue weighted by Crippen LogP contribution is 2.18. The number of aliphatic imine (C=N–C) groups is 1. The average Bonchev–Trinajstić information content (AvgIpc) is 2.30. The maximum Gasteiger partial charge on any atom is 0.260 e. The van der Waals surface area contributed by atoms with Gasteiger partial charge in [0.25, 0.3) is 5.91 Å². The summed E-state index contributed by atoms with van der Waals surface area (Å²) in [5, 5.41) is 2.09. The second-order valence-electron chi connectivity index (χ2n) is 3.41. The van der Waals surface area contributed by atoms with Gasteiger partial charge in [-0.15, -0.1) is 4.99 Å². The van der Waals surface area contributed by atoms with Gasteiger partial charge in [0.05, 0.1) is 6.42 Å². The van der Waals surface area contributed by atoms with Gasteiger partial charge in [0.2, 0.25) is 6.08 Å². The molecule has 78 valence electrons. The van der Waals surface area contributed by atoms with Crippen molar-refractivity contribution in [2.75, 3.05) is 0 Å². The Balaban J connectivity index is 2.44. The van der Waals surface area contributed by atoms with Gasteiger partial charge in [-0.1, -0.05) is 42.5 Å². The van der Waals surface area contributed by atoms with Gasteiger partial charge in [-0.25, -0.2) is 4.79 Å². The normalized spacial score (nSPS) is 9.75. The fraction of sp³-hybridized carbons (Fsp3) is 0.0769. The molecule has 0 bridgehead atoms. The topological polar surface area (TPSA) is 46.5 Å².